The summed E-state index contributed by atoms with van der Waals surface area (Å²) in [7, 11) is 0. The molecule has 0 radical (unpaired) electrons. The minimum atomic E-state index is 0.326. The van der Waals surface area contributed by atoms with Gasteiger partial charge in [-0.25, -0.2) is 0 Å². The Balaban J connectivity index is 2.17. The zero-order valence-corrected chi connectivity index (χ0v) is 9.63. The summed E-state index contributed by atoms with van der Waals surface area (Å²) in [4.78, 5) is 0. The Hall–Kier alpha value is -0.0400. The summed E-state index contributed by atoms with van der Waals surface area (Å²) in [5.41, 5.74) is 0.326. The zero-order chi connectivity index (χ0) is 10.2. The van der Waals surface area contributed by atoms with Crippen LogP contribution in [0.3, 0.4) is 0 Å². The lowest BCUT2D eigenvalue weighted by atomic mass is 9.63. The van der Waals surface area contributed by atoms with Crippen LogP contribution in [0, 0.1) is 23.2 Å². The van der Waals surface area contributed by atoms with Gasteiger partial charge in [-0.05, 0) is 42.4 Å². The van der Waals surface area contributed by atoms with E-state index in [2.05, 4.69) is 13.8 Å². The highest BCUT2D eigenvalue weighted by Crippen LogP contribution is 2.60. The molecule has 0 heterocycles. The molecule has 2 aliphatic carbocycles. The molecular weight excluding hydrogens is 172 g/mol. The molecule has 2 aliphatic rings. The Kier molecular flexibility index (Phi) is 2.88. The first-order valence-corrected chi connectivity index (χ1v) is 6.37. The van der Waals surface area contributed by atoms with Crippen LogP contribution in [0.15, 0.2) is 0 Å². The van der Waals surface area contributed by atoms with Gasteiger partial charge < -0.3 is 5.11 Å². The Bertz CT molecular complexity index is 197. The minimum Gasteiger partial charge on any atom is -0.396 e. The zero-order valence-electron chi connectivity index (χ0n) is 9.63. The summed E-state index contributed by atoms with van der Waals surface area (Å²) in [5.74, 6) is 2.57. The predicted octanol–water partition coefficient (Wildman–Crippen LogP) is 3.22. The van der Waals surface area contributed by atoms with Crippen LogP contribution in [0.2, 0.25) is 0 Å². The second-order valence-electron chi connectivity index (χ2n) is 5.48. The van der Waals surface area contributed by atoms with Gasteiger partial charge in [-0.2, -0.15) is 0 Å². The second kappa shape index (κ2) is 3.84. The van der Waals surface area contributed by atoms with Crippen LogP contribution in [-0.4, -0.2) is 11.7 Å². The van der Waals surface area contributed by atoms with E-state index in [0.717, 1.165) is 17.8 Å². The van der Waals surface area contributed by atoms with Crippen LogP contribution in [0.5, 0.6) is 0 Å². The topological polar surface area (TPSA) is 20.2 Å². The molecule has 2 fully saturated rings. The van der Waals surface area contributed by atoms with Gasteiger partial charge in [-0.15, -0.1) is 0 Å². The number of rotatable bonds is 4. The lowest BCUT2D eigenvalue weighted by molar-refractivity contribution is 0.00264. The molecule has 3 atom stereocenters. The Morgan fingerprint density at radius 1 is 1.29 bits per heavy atom. The lowest BCUT2D eigenvalue weighted by Gasteiger charge is -2.42. The first kappa shape index (κ1) is 10.5. The van der Waals surface area contributed by atoms with Crippen molar-refractivity contribution < 1.29 is 5.11 Å². The predicted molar refractivity (Wildman–Crippen MR) is 59.0 cm³/mol. The molecule has 82 valence electrons. The van der Waals surface area contributed by atoms with Gasteiger partial charge in [0.25, 0.3) is 0 Å². The van der Waals surface area contributed by atoms with E-state index in [1.54, 1.807) is 0 Å². The van der Waals surface area contributed by atoms with Gasteiger partial charge in [0.15, 0.2) is 0 Å². The molecule has 2 saturated carbocycles. The molecule has 1 nitrogen and oxygen atoms in total. The van der Waals surface area contributed by atoms with Crippen molar-refractivity contribution in [3.8, 4) is 0 Å². The maximum absolute atomic E-state index is 9.77. The first-order valence-electron chi connectivity index (χ1n) is 6.37. The monoisotopic (exact) mass is 196 g/mol. The Labute approximate surface area is 87.9 Å². The van der Waals surface area contributed by atoms with Gasteiger partial charge in [0.2, 0.25) is 0 Å². The average Bonchev–Trinajstić information content (AvgIpc) is 2.79. The summed E-state index contributed by atoms with van der Waals surface area (Å²) >= 11 is 0. The van der Waals surface area contributed by atoms with Crippen molar-refractivity contribution in [2.75, 3.05) is 6.61 Å². The molecular formula is C13H24O. The van der Waals surface area contributed by atoms with E-state index in [9.17, 15) is 5.11 Å². The molecule has 0 saturated heterocycles. The molecule has 3 unspecified atom stereocenters. The fourth-order valence-corrected chi connectivity index (χ4v) is 4.41. The third-order valence-electron chi connectivity index (χ3n) is 5.12. The van der Waals surface area contributed by atoms with Crippen LogP contribution < -0.4 is 0 Å². The van der Waals surface area contributed by atoms with Crippen molar-refractivity contribution >= 4 is 0 Å². The first-order chi connectivity index (χ1) is 6.76. The van der Waals surface area contributed by atoms with E-state index in [0.29, 0.717) is 12.0 Å². The number of hydrogen-bond acceptors (Lipinski definition) is 1. The van der Waals surface area contributed by atoms with Gasteiger partial charge in [0.1, 0.15) is 0 Å². The fraction of sp³-hybridized carbons (Fsp3) is 1.00. The van der Waals surface area contributed by atoms with Crippen LogP contribution in [-0.2, 0) is 0 Å². The molecule has 2 bridgehead atoms. The number of fused-ring (bicyclic) bond motifs is 2. The standard InChI is InChI=1S/C13H24O/c1-3-11(4-2)13(9-14)8-10-5-6-12(13)7-10/h10-12,14H,3-9H2,1-2H3. The van der Waals surface area contributed by atoms with Crippen molar-refractivity contribution in [2.24, 2.45) is 23.2 Å². The second-order valence-corrected chi connectivity index (χ2v) is 5.48. The molecule has 0 aromatic rings. The number of aliphatic hydroxyl groups is 1. The van der Waals surface area contributed by atoms with Crippen molar-refractivity contribution in [2.45, 2.75) is 52.4 Å². The molecule has 1 heteroatoms. The summed E-state index contributed by atoms with van der Waals surface area (Å²) in [5, 5.41) is 9.77. The molecule has 0 aromatic carbocycles. The maximum Gasteiger partial charge on any atom is 0.0492 e. The van der Waals surface area contributed by atoms with E-state index in [4.69, 9.17) is 0 Å². The van der Waals surface area contributed by atoms with E-state index in [1.165, 1.54) is 38.5 Å². The molecule has 1 N–H and O–H groups in total. The highest BCUT2D eigenvalue weighted by molar-refractivity contribution is 5.02. The van der Waals surface area contributed by atoms with Gasteiger partial charge in [0, 0.05) is 6.61 Å². The van der Waals surface area contributed by atoms with Crippen LogP contribution in [0.4, 0.5) is 0 Å². The summed E-state index contributed by atoms with van der Waals surface area (Å²) in [6, 6.07) is 0. The van der Waals surface area contributed by atoms with Crippen LogP contribution >= 0.6 is 0 Å². The van der Waals surface area contributed by atoms with Gasteiger partial charge in [0.05, 0.1) is 0 Å². The largest absolute Gasteiger partial charge is 0.396 e. The summed E-state index contributed by atoms with van der Waals surface area (Å²) in [6.07, 6.45) is 8.06. The quantitative estimate of drug-likeness (QED) is 0.732. The van der Waals surface area contributed by atoms with Gasteiger partial charge >= 0.3 is 0 Å². The van der Waals surface area contributed by atoms with Gasteiger partial charge in [-0.1, -0.05) is 33.1 Å². The molecule has 0 aliphatic heterocycles. The molecule has 0 amide bonds. The summed E-state index contributed by atoms with van der Waals surface area (Å²) in [6.45, 7) is 5.02. The smallest absolute Gasteiger partial charge is 0.0492 e. The number of aliphatic hydroxyl groups excluding tert-OH is 1. The third kappa shape index (κ3) is 1.32. The average molecular weight is 196 g/mol. The van der Waals surface area contributed by atoms with E-state index < -0.39 is 0 Å². The highest BCUT2D eigenvalue weighted by Gasteiger charge is 2.53. The third-order valence-corrected chi connectivity index (χ3v) is 5.12. The fourth-order valence-electron chi connectivity index (χ4n) is 4.41. The van der Waals surface area contributed by atoms with Crippen molar-refractivity contribution in [1.29, 1.82) is 0 Å². The Morgan fingerprint density at radius 2 is 2.00 bits per heavy atom. The summed E-state index contributed by atoms with van der Waals surface area (Å²) < 4.78 is 0. The van der Waals surface area contributed by atoms with E-state index in [1.807, 2.05) is 0 Å². The SMILES string of the molecule is CCC(CC)C1(CO)CC2CCC1C2. The van der Waals surface area contributed by atoms with Gasteiger partial charge in [-0.3, -0.25) is 0 Å². The van der Waals surface area contributed by atoms with Crippen LogP contribution in [0.25, 0.3) is 0 Å². The Morgan fingerprint density at radius 3 is 2.36 bits per heavy atom. The normalized spacial score (nSPS) is 41.1. The van der Waals surface area contributed by atoms with Crippen molar-refractivity contribution in [3.05, 3.63) is 0 Å². The van der Waals surface area contributed by atoms with Crippen molar-refractivity contribution in [1.82, 2.24) is 0 Å². The lowest BCUT2D eigenvalue weighted by Crippen LogP contribution is -2.39. The molecule has 2 rings (SSSR count). The maximum atomic E-state index is 9.77. The van der Waals surface area contributed by atoms with E-state index >= 15 is 0 Å². The minimum absolute atomic E-state index is 0.326. The van der Waals surface area contributed by atoms with Crippen LogP contribution in [0.1, 0.15) is 52.4 Å². The van der Waals surface area contributed by atoms with E-state index in [-0.39, 0.29) is 0 Å². The molecule has 0 spiro atoms. The molecule has 0 aromatic heterocycles. The highest BCUT2D eigenvalue weighted by atomic mass is 16.3. The number of hydrogen-bond donors (Lipinski definition) is 1. The van der Waals surface area contributed by atoms with Crippen molar-refractivity contribution in [3.63, 3.8) is 0 Å². The molecule has 14 heavy (non-hydrogen) atoms.